The van der Waals surface area contributed by atoms with Crippen LogP contribution in [0.15, 0.2) is 36.5 Å². The first kappa shape index (κ1) is 43.4. The van der Waals surface area contributed by atoms with Gasteiger partial charge in [0.1, 0.15) is 46.4 Å². The lowest BCUT2D eigenvalue weighted by atomic mass is 9.85. The summed E-state index contributed by atoms with van der Waals surface area (Å²) in [5.41, 5.74) is -3.90. The molecule has 2 saturated carbocycles. The van der Waals surface area contributed by atoms with Crippen molar-refractivity contribution < 1.29 is 59.7 Å². The van der Waals surface area contributed by atoms with Crippen molar-refractivity contribution in [2.75, 3.05) is 19.8 Å². The van der Waals surface area contributed by atoms with Crippen LogP contribution in [0, 0.1) is 17.8 Å². The van der Waals surface area contributed by atoms with Crippen LogP contribution in [-0.4, -0.2) is 112 Å². The first-order valence-corrected chi connectivity index (χ1v) is 21.9. The number of carboxylic acid groups (broad SMARTS) is 1. The molecule has 2 aromatic rings. The van der Waals surface area contributed by atoms with E-state index in [0.29, 0.717) is 49.8 Å². The Morgan fingerprint density at radius 2 is 1.87 bits per heavy atom. The van der Waals surface area contributed by atoms with E-state index in [-0.39, 0.29) is 55.3 Å². The van der Waals surface area contributed by atoms with Gasteiger partial charge in [-0.1, -0.05) is 32.1 Å². The van der Waals surface area contributed by atoms with Crippen molar-refractivity contribution in [3.05, 3.63) is 42.1 Å². The molecule has 0 bridgehead atoms. The molecule has 3 fully saturated rings. The molecule has 4 heterocycles. The molecule has 0 unspecified atom stereocenters. The molecule has 328 valence electrons. The minimum Gasteiger partial charge on any atom is -0.493 e. The van der Waals surface area contributed by atoms with Gasteiger partial charge in [-0.2, -0.15) is 13.2 Å². The standard InChI is InChI=1S/C41H51F4N5O9S/c1-23-8-5-6-10-26-20-40(26,36(53)48-60(56,57)39(22-42)14-15-39)47-33(51)30-19-27(59-34-29-12-11-25-9-7-17-58-32(25)28(29)13-16-46-34)21-49(30)35(52)31(24(2)18-23)50(37(54)55)38(3,4)41(43,44)45/h6,10-13,16,23-24,26-27,30-31H,5,7-9,14-15,17-22H2,1-4H3,(H,47,51)(H,48,53)(H,54,55)/b10-6-/t23-,24-,26-,27-,30+,31+,40-/m1/s1. The zero-order chi connectivity index (χ0) is 43.6. The van der Waals surface area contributed by atoms with E-state index in [9.17, 15) is 45.5 Å². The number of carbonyl (C=O) groups excluding carboxylic acids is 3. The fraction of sp³-hybridized carbons (Fsp3) is 0.634. The van der Waals surface area contributed by atoms with Gasteiger partial charge in [0, 0.05) is 29.3 Å². The predicted molar refractivity (Wildman–Crippen MR) is 209 cm³/mol. The Morgan fingerprint density at radius 3 is 2.53 bits per heavy atom. The van der Waals surface area contributed by atoms with Gasteiger partial charge in [0.25, 0.3) is 5.91 Å². The average molecular weight is 866 g/mol. The fourth-order valence-electron chi connectivity index (χ4n) is 9.04. The lowest BCUT2D eigenvalue weighted by Gasteiger charge is -2.45. The SMILES string of the molecule is C[C@@H]1CC/C=C\[C@@H]2C[C@@]2(C(=O)NS(=O)(=O)C2(CF)CC2)NC(=O)[C@@H]2C[C@@H](Oc3nccc4c5c(ccc34)CCCO5)CN2C(=O)[C@@H](N(C(=O)O)C(C)(C)C(F)(F)F)[C@H](C)C1. The average Bonchev–Trinajstić information content (AvgIpc) is 4.09. The van der Waals surface area contributed by atoms with Gasteiger partial charge in [0.05, 0.1) is 13.2 Å². The maximum absolute atomic E-state index is 15.0. The maximum atomic E-state index is 15.0. The molecule has 4 amide bonds. The third kappa shape index (κ3) is 7.74. The molecule has 7 atom stereocenters. The first-order chi connectivity index (χ1) is 28.2. The van der Waals surface area contributed by atoms with Gasteiger partial charge in [-0.05, 0) is 94.7 Å². The van der Waals surface area contributed by atoms with Gasteiger partial charge in [-0.25, -0.2) is 22.6 Å². The van der Waals surface area contributed by atoms with E-state index in [2.05, 4.69) is 10.3 Å². The highest BCUT2D eigenvalue weighted by atomic mass is 32.2. The molecule has 0 radical (unpaired) electrons. The number of ether oxygens (including phenoxy) is 2. The van der Waals surface area contributed by atoms with Crippen LogP contribution >= 0.6 is 0 Å². The molecule has 19 heteroatoms. The smallest absolute Gasteiger partial charge is 0.411 e. The molecule has 0 spiro atoms. The fourth-order valence-corrected chi connectivity index (χ4v) is 10.5. The quantitative estimate of drug-likeness (QED) is 0.228. The number of allylic oxidation sites excluding steroid dienone is 1. The number of halogens is 4. The second kappa shape index (κ2) is 15.7. The highest BCUT2D eigenvalue weighted by Crippen LogP contribution is 2.48. The summed E-state index contributed by atoms with van der Waals surface area (Å²) in [5, 5.41) is 14.4. The Labute approximate surface area is 345 Å². The number of alkyl halides is 4. The number of carbonyl (C=O) groups is 4. The molecule has 3 aliphatic heterocycles. The van der Waals surface area contributed by atoms with E-state index in [1.54, 1.807) is 18.2 Å². The second-order valence-electron chi connectivity index (χ2n) is 17.7. The van der Waals surface area contributed by atoms with Crippen molar-refractivity contribution in [1.29, 1.82) is 0 Å². The molecule has 7 rings (SSSR count). The van der Waals surface area contributed by atoms with Crippen molar-refractivity contribution in [3.8, 4) is 11.6 Å². The van der Waals surface area contributed by atoms with Gasteiger partial charge in [-0.3, -0.25) is 24.0 Å². The van der Waals surface area contributed by atoms with Crippen molar-refractivity contribution in [2.24, 2.45) is 17.8 Å². The van der Waals surface area contributed by atoms with Crippen LogP contribution in [0.2, 0.25) is 0 Å². The summed E-state index contributed by atoms with van der Waals surface area (Å²) in [7, 11) is -4.50. The third-order valence-corrected chi connectivity index (χ3v) is 15.2. The molecule has 2 aliphatic carbocycles. The number of benzene rings is 1. The predicted octanol–water partition coefficient (Wildman–Crippen LogP) is 5.43. The number of aryl methyl sites for hydroxylation is 1. The van der Waals surface area contributed by atoms with Crippen LogP contribution in [0.3, 0.4) is 0 Å². The van der Waals surface area contributed by atoms with Gasteiger partial charge < -0.3 is 24.8 Å². The van der Waals surface area contributed by atoms with Crippen LogP contribution in [-0.2, 0) is 30.8 Å². The number of nitrogens with one attached hydrogen (secondary N) is 2. The Balaban J connectivity index is 1.29. The molecule has 5 aliphatic rings. The molecule has 14 nitrogen and oxygen atoms in total. The zero-order valence-corrected chi connectivity index (χ0v) is 34.7. The topological polar surface area (TPSA) is 185 Å². The van der Waals surface area contributed by atoms with Gasteiger partial charge in [-0.15, -0.1) is 0 Å². The Morgan fingerprint density at radius 1 is 1.13 bits per heavy atom. The maximum Gasteiger partial charge on any atom is 0.411 e. The minimum absolute atomic E-state index is 0.00662. The summed E-state index contributed by atoms with van der Waals surface area (Å²) in [6.45, 7) is 3.61. The molecule has 1 aromatic carbocycles. The van der Waals surface area contributed by atoms with Gasteiger partial charge in [0.2, 0.25) is 27.7 Å². The summed E-state index contributed by atoms with van der Waals surface area (Å²) in [6.07, 6.45) is -0.772. The number of fused-ring (bicyclic) bond motifs is 5. The van der Waals surface area contributed by atoms with E-state index in [0.717, 1.165) is 23.3 Å². The number of amides is 4. The third-order valence-electron chi connectivity index (χ3n) is 13.1. The van der Waals surface area contributed by atoms with E-state index in [1.807, 2.05) is 23.8 Å². The molecule has 1 aromatic heterocycles. The number of sulfonamides is 1. The summed E-state index contributed by atoms with van der Waals surface area (Å²) in [6, 6.07) is 2.01. The molecular formula is C41H51F4N5O9S. The monoisotopic (exact) mass is 865 g/mol. The number of hydrogen-bond acceptors (Lipinski definition) is 9. The lowest BCUT2D eigenvalue weighted by Crippen LogP contribution is -2.66. The molecule has 60 heavy (non-hydrogen) atoms. The highest BCUT2D eigenvalue weighted by molar-refractivity contribution is 7.91. The van der Waals surface area contributed by atoms with Crippen LogP contribution in [0.5, 0.6) is 11.6 Å². The van der Waals surface area contributed by atoms with Gasteiger partial charge in [0.15, 0.2) is 0 Å². The van der Waals surface area contributed by atoms with E-state index in [1.165, 1.54) is 13.1 Å². The number of rotatable bonds is 8. The first-order valence-electron chi connectivity index (χ1n) is 20.4. The van der Waals surface area contributed by atoms with Crippen LogP contribution in [0.4, 0.5) is 22.4 Å². The van der Waals surface area contributed by atoms with Gasteiger partial charge >= 0.3 is 12.3 Å². The molecule has 1 saturated heterocycles. The minimum atomic E-state index is -5.11. The van der Waals surface area contributed by atoms with Crippen molar-refractivity contribution >= 4 is 44.6 Å². The van der Waals surface area contributed by atoms with Crippen molar-refractivity contribution in [1.82, 2.24) is 24.8 Å². The zero-order valence-electron chi connectivity index (χ0n) is 33.9. The Kier molecular flexibility index (Phi) is 11.3. The van der Waals surface area contributed by atoms with E-state index < -0.39 is 92.5 Å². The van der Waals surface area contributed by atoms with Crippen molar-refractivity contribution in [2.45, 2.75) is 126 Å². The van der Waals surface area contributed by atoms with Crippen LogP contribution in [0.1, 0.15) is 84.6 Å². The highest BCUT2D eigenvalue weighted by Gasteiger charge is 2.64. The second-order valence-corrected chi connectivity index (χ2v) is 19.8. The lowest BCUT2D eigenvalue weighted by molar-refractivity contribution is -0.222. The van der Waals surface area contributed by atoms with E-state index >= 15 is 4.79 Å². The summed E-state index contributed by atoms with van der Waals surface area (Å²) in [5.74, 6) is -4.19. The summed E-state index contributed by atoms with van der Waals surface area (Å²) in [4.78, 5) is 62.1. The molecule has 3 N–H and O–H groups in total. The Bertz CT molecular complexity index is 2200. The Hall–Kier alpha value is -4.68. The number of nitrogens with zero attached hydrogens (tertiary/aromatic N) is 3. The summed E-state index contributed by atoms with van der Waals surface area (Å²) < 4.78 is 97.1. The number of hydrogen-bond donors (Lipinski definition) is 3. The summed E-state index contributed by atoms with van der Waals surface area (Å²) >= 11 is 0. The van der Waals surface area contributed by atoms with Crippen LogP contribution < -0.4 is 19.5 Å². The van der Waals surface area contributed by atoms with E-state index in [4.69, 9.17) is 9.47 Å². The van der Waals surface area contributed by atoms with Crippen molar-refractivity contribution in [3.63, 3.8) is 0 Å². The number of aromatic nitrogens is 1. The largest absolute Gasteiger partial charge is 0.493 e. The molecular weight excluding hydrogens is 815 g/mol. The number of pyridine rings is 1. The van der Waals surface area contributed by atoms with Crippen LogP contribution in [0.25, 0.3) is 10.8 Å². The normalized spacial score (nSPS) is 30.0.